The Morgan fingerprint density at radius 2 is 1.74 bits per heavy atom. The Balaban J connectivity index is 1.23. The van der Waals surface area contributed by atoms with Gasteiger partial charge in [0.1, 0.15) is 5.75 Å². The Morgan fingerprint density at radius 1 is 1.03 bits per heavy atom. The van der Waals surface area contributed by atoms with E-state index >= 15 is 0 Å². The number of hydrogen-bond acceptors (Lipinski definition) is 3. The number of ether oxygens (including phenoxy) is 1. The van der Waals surface area contributed by atoms with Gasteiger partial charge in [0, 0.05) is 6.54 Å². The molecule has 2 aromatic carbocycles. The fourth-order valence-corrected chi connectivity index (χ4v) is 6.51. The molecule has 4 heteroatoms. The summed E-state index contributed by atoms with van der Waals surface area (Å²) in [6, 6.07) is 19.6. The Morgan fingerprint density at radius 3 is 2.32 bits per heavy atom. The van der Waals surface area contributed by atoms with Gasteiger partial charge in [-0.2, -0.15) is 0 Å². The van der Waals surface area contributed by atoms with Gasteiger partial charge in [-0.25, -0.2) is 0 Å². The molecule has 3 aliphatic rings. The van der Waals surface area contributed by atoms with E-state index in [0.717, 1.165) is 75.7 Å². The van der Waals surface area contributed by atoms with Crippen LogP contribution in [0.4, 0.5) is 0 Å². The Kier molecular flexibility index (Phi) is 6.70. The molecule has 0 radical (unpaired) electrons. The zero-order chi connectivity index (χ0) is 23.6. The van der Waals surface area contributed by atoms with Crippen LogP contribution in [0.3, 0.4) is 0 Å². The van der Waals surface area contributed by atoms with Gasteiger partial charge in [-0.15, -0.1) is 0 Å². The van der Waals surface area contributed by atoms with Crippen molar-refractivity contribution < 1.29 is 14.6 Å². The number of carbonyl (C=O) groups is 1. The number of methoxy groups -OCH3 is 1. The number of piperidine rings is 1. The van der Waals surface area contributed by atoms with Crippen LogP contribution in [-0.2, 0) is 11.2 Å². The maximum atomic E-state index is 11.9. The van der Waals surface area contributed by atoms with Gasteiger partial charge in [0.2, 0.25) is 0 Å². The van der Waals surface area contributed by atoms with Crippen LogP contribution in [0, 0.1) is 16.7 Å². The molecule has 1 unspecified atom stereocenters. The Labute approximate surface area is 204 Å². The highest BCUT2D eigenvalue weighted by Crippen LogP contribution is 2.53. The number of aliphatic carboxylic acids is 1. The van der Waals surface area contributed by atoms with Gasteiger partial charge in [-0.05, 0) is 105 Å². The number of carboxylic acids is 1. The minimum atomic E-state index is -0.588. The second-order valence-corrected chi connectivity index (χ2v) is 11.3. The van der Waals surface area contributed by atoms with E-state index in [1.54, 1.807) is 7.11 Å². The van der Waals surface area contributed by atoms with Crippen molar-refractivity contribution in [1.82, 2.24) is 4.90 Å². The molecule has 2 saturated carbocycles. The molecule has 0 aromatic heterocycles. The van der Waals surface area contributed by atoms with Crippen molar-refractivity contribution in [2.75, 3.05) is 26.7 Å². The van der Waals surface area contributed by atoms with Crippen LogP contribution in [0.1, 0.15) is 68.4 Å². The smallest absolute Gasteiger partial charge is 0.310 e. The molecular formula is C30H39NO3. The van der Waals surface area contributed by atoms with E-state index < -0.39 is 11.4 Å². The molecule has 2 aliphatic carbocycles. The summed E-state index contributed by atoms with van der Waals surface area (Å²) in [6.45, 7) is 2.79. The summed E-state index contributed by atoms with van der Waals surface area (Å²) in [5, 5.41) is 9.79. The summed E-state index contributed by atoms with van der Waals surface area (Å²) in [7, 11) is 1.72. The third-order valence-electron chi connectivity index (χ3n) is 9.14. The van der Waals surface area contributed by atoms with Gasteiger partial charge < -0.3 is 14.7 Å². The molecule has 1 saturated heterocycles. The third kappa shape index (κ3) is 5.02. The fraction of sp³-hybridized carbons (Fsp3) is 0.567. The fourth-order valence-electron chi connectivity index (χ4n) is 6.51. The second-order valence-electron chi connectivity index (χ2n) is 11.3. The van der Waals surface area contributed by atoms with Gasteiger partial charge >= 0.3 is 5.97 Å². The zero-order valence-corrected chi connectivity index (χ0v) is 20.5. The largest absolute Gasteiger partial charge is 0.497 e. The van der Waals surface area contributed by atoms with E-state index in [4.69, 9.17) is 4.74 Å². The second kappa shape index (κ2) is 9.73. The van der Waals surface area contributed by atoms with Gasteiger partial charge in [0.25, 0.3) is 0 Å². The van der Waals surface area contributed by atoms with Crippen LogP contribution in [0.15, 0.2) is 54.6 Å². The van der Waals surface area contributed by atoms with Crippen molar-refractivity contribution >= 4 is 5.97 Å². The number of rotatable bonds is 10. The highest BCUT2D eigenvalue weighted by Gasteiger charge is 2.47. The molecule has 1 N–H and O–H groups in total. The first-order valence-corrected chi connectivity index (χ1v) is 13.1. The molecule has 182 valence electrons. The number of hydrogen-bond donors (Lipinski definition) is 1. The van der Waals surface area contributed by atoms with Crippen LogP contribution in [0.2, 0.25) is 0 Å². The van der Waals surface area contributed by atoms with Gasteiger partial charge in [0.15, 0.2) is 0 Å². The van der Waals surface area contributed by atoms with Gasteiger partial charge in [-0.3, -0.25) is 4.79 Å². The van der Waals surface area contributed by atoms with Crippen molar-refractivity contribution in [3.05, 3.63) is 65.7 Å². The third-order valence-corrected chi connectivity index (χ3v) is 9.14. The average molecular weight is 462 g/mol. The molecule has 4 nitrogen and oxygen atoms in total. The highest BCUT2D eigenvalue weighted by molar-refractivity contribution is 5.76. The number of nitrogens with zero attached hydrogens (tertiary/aromatic N) is 1. The quantitative estimate of drug-likeness (QED) is 0.460. The summed E-state index contributed by atoms with van der Waals surface area (Å²) < 4.78 is 5.37. The number of carboxylic acid groups (broad SMARTS) is 1. The van der Waals surface area contributed by atoms with Crippen LogP contribution in [0.25, 0.3) is 0 Å². The van der Waals surface area contributed by atoms with Crippen LogP contribution < -0.4 is 4.74 Å². The predicted octanol–water partition coefficient (Wildman–Crippen LogP) is 6.16. The monoisotopic (exact) mass is 461 g/mol. The van der Waals surface area contributed by atoms with E-state index in [2.05, 4.69) is 59.5 Å². The van der Waals surface area contributed by atoms with Gasteiger partial charge in [0.05, 0.1) is 12.5 Å². The average Bonchev–Trinajstić information content (AvgIpc) is 3.62. The molecule has 1 aliphatic heterocycles. The van der Waals surface area contributed by atoms with Crippen molar-refractivity contribution in [3.8, 4) is 5.75 Å². The Bertz CT molecular complexity index is 958. The molecular weight excluding hydrogens is 422 g/mol. The van der Waals surface area contributed by atoms with E-state index in [-0.39, 0.29) is 0 Å². The summed E-state index contributed by atoms with van der Waals surface area (Å²) >= 11 is 0. The molecule has 2 aromatic rings. The highest BCUT2D eigenvalue weighted by atomic mass is 16.5. The van der Waals surface area contributed by atoms with Gasteiger partial charge in [-0.1, -0.05) is 48.9 Å². The van der Waals surface area contributed by atoms with Crippen LogP contribution >= 0.6 is 0 Å². The van der Waals surface area contributed by atoms with E-state index in [9.17, 15) is 9.90 Å². The Hall–Kier alpha value is -2.33. The lowest BCUT2D eigenvalue weighted by Crippen LogP contribution is -2.51. The van der Waals surface area contributed by atoms with E-state index in [0.29, 0.717) is 5.41 Å². The van der Waals surface area contributed by atoms with E-state index in [1.165, 1.54) is 30.4 Å². The lowest BCUT2D eigenvalue weighted by molar-refractivity contribution is -0.156. The first kappa shape index (κ1) is 23.4. The van der Waals surface area contributed by atoms with E-state index in [1.807, 2.05) is 0 Å². The maximum Gasteiger partial charge on any atom is 0.310 e. The van der Waals surface area contributed by atoms with Crippen LogP contribution in [0.5, 0.6) is 5.75 Å². The summed E-state index contributed by atoms with van der Waals surface area (Å²) in [5.74, 6) is 1.89. The zero-order valence-electron chi connectivity index (χ0n) is 20.5. The molecule has 0 spiro atoms. The number of likely N-dealkylation sites (tertiary alicyclic amines) is 1. The summed E-state index contributed by atoms with van der Waals surface area (Å²) in [5.41, 5.74) is 2.73. The molecule has 0 bridgehead atoms. The molecule has 0 amide bonds. The summed E-state index contributed by atoms with van der Waals surface area (Å²) in [4.78, 5) is 14.3. The lowest BCUT2D eigenvalue weighted by atomic mass is 9.67. The SMILES string of the molecule is COc1ccc(CC2(CC[C@@H]3CC3c3ccccc3)CCN(CC3(C(=O)O)CCC3)CC2)cc1. The minimum absolute atomic E-state index is 0.310. The molecule has 5 rings (SSSR count). The lowest BCUT2D eigenvalue weighted by Gasteiger charge is -2.47. The molecule has 34 heavy (non-hydrogen) atoms. The standard InChI is InChI=1S/C30H39NO3/c1-34-26-10-8-23(9-11-26)21-29(15-12-25-20-27(25)24-6-3-2-4-7-24)16-18-31(19-17-29)22-30(28(32)33)13-5-14-30/h2-4,6-11,25,27H,5,12-22H2,1H3,(H,32,33)/t25-,27?/m1/s1. The molecule has 3 fully saturated rings. The maximum absolute atomic E-state index is 11.9. The molecule has 1 heterocycles. The topological polar surface area (TPSA) is 49.8 Å². The summed E-state index contributed by atoms with van der Waals surface area (Å²) in [6.07, 6.45) is 10.1. The van der Waals surface area contributed by atoms with Crippen molar-refractivity contribution in [3.63, 3.8) is 0 Å². The van der Waals surface area contributed by atoms with Crippen molar-refractivity contribution in [1.29, 1.82) is 0 Å². The number of benzene rings is 2. The van der Waals surface area contributed by atoms with Crippen LogP contribution in [-0.4, -0.2) is 42.7 Å². The van der Waals surface area contributed by atoms with Crippen molar-refractivity contribution in [2.24, 2.45) is 16.7 Å². The van der Waals surface area contributed by atoms with Crippen molar-refractivity contribution in [2.45, 2.75) is 63.7 Å². The first-order chi connectivity index (χ1) is 16.5. The molecule has 2 atom stereocenters. The minimum Gasteiger partial charge on any atom is -0.497 e. The first-order valence-electron chi connectivity index (χ1n) is 13.1. The normalized spacial score (nSPS) is 25.3. The predicted molar refractivity (Wildman–Crippen MR) is 135 cm³/mol.